The minimum Gasteiger partial charge on any atom is -0.385 e. The summed E-state index contributed by atoms with van der Waals surface area (Å²) in [4.78, 5) is 2.51. The van der Waals surface area contributed by atoms with Gasteiger partial charge in [-0.05, 0) is 57.0 Å². The molecule has 1 fully saturated rings. The molecule has 0 aliphatic carbocycles. The van der Waals surface area contributed by atoms with Gasteiger partial charge in [-0.15, -0.1) is 0 Å². The van der Waals surface area contributed by atoms with E-state index in [0.29, 0.717) is 0 Å². The molecule has 1 aliphatic rings. The monoisotopic (exact) mass is 273 g/mol. The average molecular weight is 273 g/mol. The van der Waals surface area contributed by atoms with Crippen molar-refractivity contribution in [3.05, 3.63) is 0 Å². The van der Waals surface area contributed by atoms with E-state index < -0.39 is 0 Å². The maximum atomic E-state index is 5.24. The molecule has 0 atom stereocenters. The number of nitrogens with one attached hydrogen (secondary N) is 2. The summed E-state index contributed by atoms with van der Waals surface area (Å²) in [5.41, 5.74) is 0. The van der Waals surface area contributed by atoms with Crippen LogP contribution in [-0.2, 0) is 4.74 Å². The highest BCUT2D eigenvalue weighted by Crippen LogP contribution is 2.15. The molecule has 1 aliphatic heterocycles. The molecule has 1 rings (SSSR count). The molecule has 0 spiro atoms. The Bertz CT molecular complexity index is 230. The Morgan fingerprint density at radius 1 is 1.33 bits per heavy atom. The predicted molar refractivity (Wildman–Crippen MR) is 79.9 cm³/mol. The molecule has 1 heterocycles. The van der Waals surface area contributed by atoms with Crippen LogP contribution in [-0.4, -0.2) is 56.5 Å². The van der Waals surface area contributed by atoms with Crippen LogP contribution in [0.15, 0.2) is 0 Å². The lowest BCUT2D eigenvalue weighted by atomic mass is 9.97. The summed E-state index contributed by atoms with van der Waals surface area (Å²) in [6.45, 7) is 8.55. The summed E-state index contributed by atoms with van der Waals surface area (Å²) >= 11 is 5.24. The third-order valence-electron chi connectivity index (χ3n) is 3.52. The summed E-state index contributed by atoms with van der Waals surface area (Å²) in [6.07, 6.45) is 3.56. The van der Waals surface area contributed by atoms with Gasteiger partial charge in [-0.25, -0.2) is 0 Å². The number of thiocarbonyl (C=S) groups is 1. The zero-order valence-corrected chi connectivity index (χ0v) is 12.5. The standard InChI is InChI=1S/C13H27N3OS/c1-3-16-8-5-12(6-9-16)11-15-13(18)14-7-4-10-17-2/h12H,3-11H2,1-2H3,(H2,14,15,18). The molecule has 18 heavy (non-hydrogen) atoms. The van der Waals surface area contributed by atoms with E-state index in [0.717, 1.165) is 37.1 Å². The van der Waals surface area contributed by atoms with Crippen molar-refractivity contribution in [3.8, 4) is 0 Å². The van der Waals surface area contributed by atoms with Crippen molar-refractivity contribution < 1.29 is 4.74 Å². The van der Waals surface area contributed by atoms with Gasteiger partial charge in [0.2, 0.25) is 0 Å². The van der Waals surface area contributed by atoms with Crippen molar-refractivity contribution >= 4 is 17.3 Å². The Labute approximate surface area is 116 Å². The summed E-state index contributed by atoms with van der Waals surface area (Å²) < 4.78 is 4.99. The fourth-order valence-electron chi connectivity index (χ4n) is 2.22. The predicted octanol–water partition coefficient (Wildman–Crippen LogP) is 1.22. The quantitative estimate of drug-likeness (QED) is 0.539. The Kier molecular flexibility index (Phi) is 8.29. The molecular formula is C13H27N3OS. The minimum atomic E-state index is 0.770. The molecule has 0 unspecified atom stereocenters. The van der Waals surface area contributed by atoms with Gasteiger partial charge >= 0.3 is 0 Å². The molecule has 5 heteroatoms. The molecule has 0 aromatic rings. The largest absolute Gasteiger partial charge is 0.385 e. The van der Waals surface area contributed by atoms with Crippen LogP contribution in [0.25, 0.3) is 0 Å². The number of piperidine rings is 1. The minimum absolute atomic E-state index is 0.770. The normalized spacial score (nSPS) is 17.7. The van der Waals surface area contributed by atoms with E-state index >= 15 is 0 Å². The molecule has 0 radical (unpaired) electrons. The van der Waals surface area contributed by atoms with Crippen molar-refractivity contribution in [1.82, 2.24) is 15.5 Å². The van der Waals surface area contributed by atoms with E-state index in [9.17, 15) is 0 Å². The number of rotatable bonds is 7. The topological polar surface area (TPSA) is 36.5 Å². The summed E-state index contributed by atoms with van der Waals surface area (Å²) in [5.74, 6) is 0.770. The molecule has 0 bridgehead atoms. The van der Waals surface area contributed by atoms with Crippen LogP contribution in [0.5, 0.6) is 0 Å². The fourth-order valence-corrected chi connectivity index (χ4v) is 2.41. The van der Waals surface area contributed by atoms with Crippen molar-refractivity contribution in [3.63, 3.8) is 0 Å². The van der Waals surface area contributed by atoms with Gasteiger partial charge in [-0.2, -0.15) is 0 Å². The summed E-state index contributed by atoms with van der Waals surface area (Å²) in [6, 6.07) is 0. The van der Waals surface area contributed by atoms with Gasteiger partial charge in [0.15, 0.2) is 5.11 Å². The van der Waals surface area contributed by atoms with Crippen LogP contribution in [0.3, 0.4) is 0 Å². The zero-order valence-electron chi connectivity index (χ0n) is 11.7. The number of methoxy groups -OCH3 is 1. The van der Waals surface area contributed by atoms with Gasteiger partial charge in [-0.1, -0.05) is 6.92 Å². The molecule has 0 amide bonds. The first-order valence-electron chi connectivity index (χ1n) is 6.99. The first-order chi connectivity index (χ1) is 8.76. The van der Waals surface area contributed by atoms with Crippen LogP contribution in [0.1, 0.15) is 26.2 Å². The SMILES string of the molecule is CCN1CCC(CNC(=S)NCCCOC)CC1. The molecule has 0 saturated carbocycles. The number of hydrogen-bond donors (Lipinski definition) is 2. The maximum absolute atomic E-state index is 5.24. The molecule has 1 saturated heterocycles. The fraction of sp³-hybridized carbons (Fsp3) is 0.923. The van der Waals surface area contributed by atoms with Gasteiger partial charge in [-0.3, -0.25) is 0 Å². The second-order valence-electron chi connectivity index (χ2n) is 4.86. The highest BCUT2D eigenvalue weighted by atomic mass is 32.1. The lowest BCUT2D eigenvalue weighted by Gasteiger charge is -2.31. The number of nitrogens with zero attached hydrogens (tertiary/aromatic N) is 1. The van der Waals surface area contributed by atoms with E-state index in [1.54, 1.807) is 7.11 Å². The van der Waals surface area contributed by atoms with Crippen LogP contribution in [0.2, 0.25) is 0 Å². The Hall–Kier alpha value is -0.390. The molecular weight excluding hydrogens is 246 g/mol. The highest BCUT2D eigenvalue weighted by Gasteiger charge is 2.17. The molecule has 106 valence electrons. The lowest BCUT2D eigenvalue weighted by Crippen LogP contribution is -2.42. The van der Waals surface area contributed by atoms with E-state index in [1.807, 2.05) is 0 Å². The van der Waals surface area contributed by atoms with E-state index in [-0.39, 0.29) is 0 Å². The van der Waals surface area contributed by atoms with Crippen LogP contribution < -0.4 is 10.6 Å². The third kappa shape index (κ3) is 6.52. The zero-order chi connectivity index (χ0) is 13.2. The molecule has 0 aromatic heterocycles. The van der Waals surface area contributed by atoms with E-state index in [1.165, 1.54) is 32.5 Å². The maximum Gasteiger partial charge on any atom is 0.166 e. The lowest BCUT2D eigenvalue weighted by molar-refractivity contribution is 0.192. The molecule has 2 N–H and O–H groups in total. The van der Waals surface area contributed by atoms with Crippen molar-refractivity contribution in [2.45, 2.75) is 26.2 Å². The van der Waals surface area contributed by atoms with E-state index in [2.05, 4.69) is 22.5 Å². The van der Waals surface area contributed by atoms with Crippen LogP contribution in [0.4, 0.5) is 0 Å². The van der Waals surface area contributed by atoms with Gasteiger partial charge in [0.25, 0.3) is 0 Å². The van der Waals surface area contributed by atoms with E-state index in [4.69, 9.17) is 17.0 Å². The van der Waals surface area contributed by atoms with Crippen LogP contribution in [0, 0.1) is 5.92 Å². The number of hydrogen-bond acceptors (Lipinski definition) is 3. The second kappa shape index (κ2) is 9.53. The number of likely N-dealkylation sites (tertiary alicyclic amines) is 1. The van der Waals surface area contributed by atoms with Gasteiger partial charge < -0.3 is 20.3 Å². The highest BCUT2D eigenvalue weighted by molar-refractivity contribution is 7.80. The van der Waals surface area contributed by atoms with Gasteiger partial charge in [0.05, 0.1) is 0 Å². The van der Waals surface area contributed by atoms with Crippen molar-refractivity contribution in [2.24, 2.45) is 5.92 Å². The third-order valence-corrected chi connectivity index (χ3v) is 3.81. The number of ether oxygens (including phenoxy) is 1. The summed E-state index contributed by atoms with van der Waals surface area (Å²) in [5, 5.41) is 7.31. The average Bonchev–Trinajstić information content (AvgIpc) is 2.42. The van der Waals surface area contributed by atoms with Crippen LogP contribution >= 0.6 is 12.2 Å². The smallest absolute Gasteiger partial charge is 0.166 e. The summed E-state index contributed by atoms with van der Waals surface area (Å²) in [7, 11) is 1.72. The molecule has 0 aromatic carbocycles. The second-order valence-corrected chi connectivity index (χ2v) is 5.27. The van der Waals surface area contributed by atoms with Gasteiger partial charge in [0, 0.05) is 26.8 Å². The molecule has 4 nitrogen and oxygen atoms in total. The first-order valence-corrected chi connectivity index (χ1v) is 7.40. The van der Waals surface area contributed by atoms with Crippen molar-refractivity contribution in [2.75, 3.05) is 46.4 Å². The Balaban J connectivity index is 2.01. The Morgan fingerprint density at radius 2 is 2.06 bits per heavy atom. The van der Waals surface area contributed by atoms with Gasteiger partial charge in [0.1, 0.15) is 0 Å². The first kappa shape index (κ1) is 15.7. The van der Waals surface area contributed by atoms with Crippen molar-refractivity contribution in [1.29, 1.82) is 0 Å². The Morgan fingerprint density at radius 3 is 2.67 bits per heavy atom.